The first-order valence-electron chi connectivity index (χ1n) is 6.02. The van der Waals surface area contributed by atoms with E-state index in [1.165, 1.54) is 17.0 Å². The van der Waals surface area contributed by atoms with E-state index in [4.69, 9.17) is 4.74 Å². The topological polar surface area (TPSA) is 26.3 Å². The van der Waals surface area contributed by atoms with Crippen LogP contribution < -0.4 is 4.74 Å². The molecule has 2 aromatic rings. The Labute approximate surface area is 107 Å². The van der Waals surface area contributed by atoms with E-state index in [-0.39, 0.29) is 0 Å². The van der Waals surface area contributed by atoms with Crippen molar-refractivity contribution in [3.63, 3.8) is 0 Å². The number of fused-ring (bicyclic) bond motifs is 1. The molecule has 0 aliphatic rings. The highest BCUT2D eigenvalue weighted by Gasteiger charge is 2.09. The molecule has 2 rings (SSSR count). The zero-order valence-corrected chi connectivity index (χ0v) is 10.7. The molecule has 0 saturated carbocycles. The first kappa shape index (κ1) is 12.4. The third kappa shape index (κ3) is 2.28. The molecule has 0 aromatic heterocycles. The SMILES string of the molecule is C=CC(=O)Oc1ccc2cc(C)ccc2c1CC. The van der Waals surface area contributed by atoms with Gasteiger partial charge >= 0.3 is 5.97 Å². The van der Waals surface area contributed by atoms with Crippen LogP contribution in [0, 0.1) is 6.92 Å². The van der Waals surface area contributed by atoms with Crippen LogP contribution in [0.2, 0.25) is 0 Å². The van der Waals surface area contributed by atoms with Crippen LogP contribution in [-0.2, 0) is 11.2 Å². The first-order chi connectivity index (χ1) is 8.65. The first-order valence-corrected chi connectivity index (χ1v) is 6.02. The maximum Gasteiger partial charge on any atom is 0.335 e. The Morgan fingerprint density at radius 1 is 1.33 bits per heavy atom. The van der Waals surface area contributed by atoms with E-state index in [0.717, 1.165) is 17.4 Å². The molecular formula is C16H16O2. The van der Waals surface area contributed by atoms with Gasteiger partial charge < -0.3 is 4.74 Å². The van der Waals surface area contributed by atoms with Crippen molar-refractivity contribution in [2.24, 2.45) is 0 Å². The summed E-state index contributed by atoms with van der Waals surface area (Å²) in [7, 11) is 0. The van der Waals surface area contributed by atoms with Crippen molar-refractivity contribution in [1.82, 2.24) is 0 Å². The summed E-state index contributed by atoms with van der Waals surface area (Å²) in [5.74, 6) is 0.204. The highest BCUT2D eigenvalue weighted by Crippen LogP contribution is 2.29. The van der Waals surface area contributed by atoms with Gasteiger partial charge in [0.05, 0.1) is 0 Å². The summed E-state index contributed by atoms with van der Waals surface area (Å²) in [4.78, 5) is 11.3. The van der Waals surface area contributed by atoms with Gasteiger partial charge in [-0.25, -0.2) is 4.79 Å². The van der Waals surface area contributed by atoms with Crippen LogP contribution in [0.5, 0.6) is 5.75 Å². The Morgan fingerprint density at radius 3 is 2.78 bits per heavy atom. The lowest BCUT2D eigenvalue weighted by molar-refractivity contribution is -0.129. The second kappa shape index (κ2) is 5.05. The Kier molecular flexibility index (Phi) is 3.47. The Hall–Kier alpha value is -2.09. The van der Waals surface area contributed by atoms with Crippen molar-refractivity contribution in [3.05, 3.63) is 54.1 Å². The van der Waals surface area contributed by atoms with Gasteiger partial charge in [-0.3, -0.25) is 0 Å². The highest BCUT2D eigenvalue weighted by atomic mass is 16.5. The van der Waals surface area contributed by atoms with Gasteiger partial charge in [-0.05, 0) is 30.2 Å². The molecule has 0 saturated heterocycles. The predicted molar refractivity (Wildman–Crippen MR) is 73.9 cm³/mol. The largest absolute Gasteiger partial charge is 0.423 e. The summed E-state index contributed by atoms with van der Waals surface area (Å²) in [5.41, 5.74) is 2.28. The zero-order chi connectivity index (χ0) is 13.1. The molecule has 0 aliphatic carbocycles. The summed E-state index contributed by atoms with van der Waals surface area (Å²) in [5, 5.41) is 2.31. The molecule has 0 unspecified atom stereocenters. The van der Waals surface area contributed by atoms with Crippen LogP contribution >= 0.6 is 0 Å². The molecule has 0 N–H and O–H groups in total. The molecule has 92 valence electrons. The van der Waals surface area contributed by atoms with E-state index in [1.807, 2.05) is 12.1 Å². The molecule has 18 heavy (non-hydrogen) atoms. The molecule has 0 fully saturated rings. The van der Waals surface area contributed by atoms with E-state index in [0.29, 0.717) is 5.75 Å². The number of hydrogen-bond donors (Lipinski definition) is 0. The number of ether oxygens (including phenoxy) is 1. The Balaban J connectivity index is 2.58. The second-order valence-electron chi connectivity index (χ2n) is 4.25. The average molecular weight is 240 g/mol. The third-order valence-electron chi connectivity index (χ3n) is 2.97. The highest BCUT2D eigenvalue weighted by molar-refractivity contribution is 5.90. The van der Waals surface area contributed by atoms with Gasteiger partial charge in [0.15, 0.2) is 0 Å². The third-order valence-corrected chi connectivity index (χ3v) is 2.97. The molecule has 0 spiro atoms. The van der Waals surface area contributed by atoms with E-state index >= 15 is 0 Å². The van der Waals surface area contributed by atoms with Gasteiger partial charge in [-0.1, -0.05) is 43.3 Å². The Morgan fingerprint density at radius 2 is 2.11 bits per heavy atom. The number of esters is 1. The molecule has 0 atom stereocenters. The van der Waals surface area contributed by atoms with Crippen molar-refractivity contribution >= 4 is 16.7 Å². The van der Waals surface area contributed by atoms with Crippen LogP contribution in [0.15, 0.2) is 43.0 Å². The molecule has 0 radical (unpaired) electrons. The van der Waals surface area contributed by atoms with Gasteiger partial charge in [0.1, 0.15) is 5.75 Å². The number of hydrogen-bond acceptors (Lipinski definition) is 2. The van der Waals surface area contributed by atoms with E-state index in [1.54, 1.807) is 0 Å². The van der Waals surface area contributed by atoms with Gasteiger partial charge in [0.2, 0.25) is 0 Å². The van der Waals surface area contributed by atoms with Gasteiger partial charge in [-0.15, -0.1) is 0 Å². The quantitative estimate of drug-likeness (QED) is 0.463. The number of rotatable bonds is 3. The molecule has 0 aliphatic heterocycles. The minimum atomic E-state index is -0.420. The number of aryl methyl sites for hydroxylation is 2. The molecular weight excluding hydrogens is 224 g/mol. The van der Waals surface area contributed by atoms with Crippen LogP contribution in [-0.4, -0.2) is 5.97 Å². The fraction of sp³-hybridized carbons (Fsp3) is 0.188. The van der Waals surface area contributed by atoms with Crippen LogP contribution in [0.25, 0.3) is 10.8 Å². The van der Waals surface area contributed by atoms with E-state index in [2.05, 4.69) is 38.6 Å². The normalized spacial score (nSPS) is 10.3. The van der Waals surface area contributed by atoms with E-state index < -0.39 is 5.97 Å². The summed E-state index contributed by atoms with van der Waals surface area (Å²) in [6.45, 7) is 7.53. The summed E-state index contributed by atoms with van der Waals surface area (Å²) < 4.78 is 5.27. The fourth-order valence-electron chi connectivity index (χ4n) is 2.10. The molecule has 2 heteroatoms. The summed E-state index contributed by atoms with van der Waals surface area (Å²) >= 11 is 0. The molecule has 0 amide bonds. The minimum absolute atomic E-state index is 0.420. The second-order valence-corrected chi connectivity index (χ2v) is 4.25. The van der Waals surface area contributed by atoms with E-state index in [9.17, 15) is 4.79 Å². The van der Waals surface area contributed by atoms with Gasteiger partial charge in [0.25, 0.3) is 0 Å². The maximum atomic E-state index is 11.3. The molecule has 2 nitrogen and oxygen atoms in total. The zero-order valence-electron chi connectivity index (χ0n) is 10.7. The van der Waals surface area contributed by atoms with Gasteiger partial charge in [-0.2, -0.15) is 0 Å². The number of carbonyl (C=O) groups excluding carboxylic acids is 1. The standard InChI is InChI=1S/C16H16O2/c1-4-13-14-8-6-11(3)10-12(14)7-9-15(13)18-16(17)5-2/h5-10H,2,4H2,1,3H3. The maximum absolute atomic E-state index is 11.3. The van der Waals surface area contributed by atoms with Crippen LogP contribution in [0.1, 0.15) is 18.1 Å². The molecule has 0 bridgehead atoms. The predicted octanol–water partition coefficient (Wildman–Crippen LogP) is 3.80. The molecule has 2 aromatic carbocycles. The number of carbonyl (C=O) groups is 1. The summed E-state index contributed by atoms with van der Waals surface area (Å²) in [6.07, 6.45) is 2.00. The fourth-order valence-corrected chi connectivity index (χ4v) is 2.10. The van der Waals surface area contributed by atoms with Gasteiger partial charge in [0, 0.05) is 11.6 Å². The summed E-state index contributed by atoms with van der Waals surface area (Å²) in [6, 6.07) is 10.1. The smallest absolute Gasteiger partial charge is 0.335 e. The Bertz CT molecular complexity index is 612. The van der Waals surface area contributed by atoms with Crippen LogP contribution in [0.3, 0.4) is 0 Å². The minimum Gasteiger partial charge on any atom is -0.423 e. The lowest BCUT2D eigenvalue weighted by atomic mass is 10.00. The lowest BCUT2D eigenvalue weighted by Crippen LogP contribution is -2.05. The lowest BCUT2D eigenvalue weighted by Gasteiger charge is -2.11. The van der Waals surface area contributed by atoms with Crippen molar-refractivity contribution in [1.29, 1.82) is 0 Å². The monoisotopic (exact) mass is 240 g/mol. The average Bonchev–Trinajstić information content (AvgIpc) is 2.38. The van der Waals surface area contributed by atoms with Crippen molar-refractivity contribution in [2.45, 2.75) is 20.3 Å². The molecule has 0 heterocycles. The number of benzene rings is 2. The van der Waals surface area contributed by atoms with Crippen molar-refractivity contribution in [2.75, 3.05) is 0 Å². The van der Waals surface area contributed by atoms with Crippen molar-refractivity contribution in [3.8, 4) is 5.75 Å². The van der Waals surface area contributed by atoms with Crippen LogP contribution in [0.4, 0.5) is 0 Å². The van der Waals surface area contributed by atoms with Crippen molar-refractivity contribution < 1.29 is 9.53 Å².